The molecule has 0 bridgehead atoms. The molecule has 0 aliphatic carbocycles. The average Bonchev–Trinajstić information content (AvgIpc) is 2.60. The smallest absolute Gasteiger partial charge is 0.229 e. The fourth-order valence-corrected chi connectivity index (χ4v) is 4.95. The molecule has 24 heavy (non-hydrogen) atoms. The second-order valence-corrected chi connectivity index (χ2v) is 9.02. The number of nitrogens with zero attached hydrogens (tertiary/aromatic N) is 3. The lowest BCUT2D eigenvalue weighted by molar-refractivity contribution is -0.150. The van der Waals surface area contributed by atoms with Crippen LogP contribution >= 0.6 is 0 Å². The van der Waals surface area contributed by atoms with E-state index < -0.39 is 10.0 Å². The molecule has 0 aromatic carbocycles. The van der Waals surface area contributed by atoms with E-state index >= 15 is 0 Å². The molecule has 1 aromatic heterocycles. The number of carbonyl (C=O) groups is 1. The summed E-state index contributed by atoms with van der Waals surface area (Å²) in [5.74, 6) is 0.321. The minimum Gasteiger partial charge on any atom is -0.338 e. The lowest BCUT2D eigenvalue weighted by atomic mass is 9.72. The minimum atomic E-state index is -3.15. The van der Waals surface area contributed by atoms with E-state index in [1.54, 1.807) is 23.6 Å². The van der Waals surface area contributed by atoms with E-state index in [-0.39, 0.29) is 17.1 Å². The Morgan fingerprint density at radius 2 is 1.79 bits per heavy atom. The van der Waals surface area contributed by atoms with Crippen LogP contribution in [0.15, 0.2) is 24.5 Å². The highest BCUT2D eigenvalue weighted by molar-refractivity contribution is 7.89. The molecule has 7 heteroatoms. The van der Waals surface area contributed by atoms with Crippen molar-refractivity contribution in [2.75, 3.05) is 25.4 Å². The molecule has 1 amide bonds. The summed E-state index contributed by atoms with van der Waals surface area (Å²) >= 11 is 0. The van der Waals surface area contributed by atoms with E-state index in [2.05, 4.69) is 4.98 Å². The van der Waals surface area contributed by atoms with E-state index in [0.717, 1.165) is 24.9 Å². The maximum Gasteiger partial charge on any atom is 0.229 e. The molecule has 6 nitrogen and oxygen atoms in total. The van der Waals surface area contributed by atoms with Crippen molar-refractivity contribution in [3.8, 4) is 0 Å². The van der Waals surface area contributed by atoms with Crippen molar-refractivity contribution in [3.63, 3.8) is 0 Å². The van der Waals surface area contributed by atoms with Gasteiger partial charge in [-0.1, -0.05) is 0 Å². The average molecular weight is 351 g/mol. The zero-order valence-corrected chi connectivity index (χ0v) is 15.0. The van der Waals surface area contributed by atoms with Gasteiger partial charge in [-0.15, -0.1) is 0 Å². The van der Waals surface area contributed by atoms with Crippen LogP contribution in [-0.4, -0.2) is 53.9 Å². The summed E-state index contributed by atoms with van der Waals surface area (Å²) < 4.78 is 25.6. The van der Waals surface area contributed by atoms with Crippen molar-refractivity contribution in [1.29, 1.82) is 0 Å². The Kier molecular flexibility index (Phi) is 4.92. The Hall–Kier alpha value is -1.47. The Labute approximate surface area is 143 Å². The second-order valence-electron chi connectivity index (χ2n) is 6.77. The summed E-state index contributed by atoms with van der Waals surface area (Å²) in [4.78, 5) is 19.0. The van der Waals surface area contributed by atoms with Crippen LogP contribution in [0.1, 0.15) is 38.2 Å². The minimum absolute atomic E-state index is 0.127. The number of amides is 1. The number of rotatable bonds is 4. The van der Waals surface area contributed by atoms with Crippen LogP contribution in [0.5, 0.6) is 0 Å². The Morgan fingerprint density at radius 1 is 1.12 bits per heavy atom. The molecule has 132 valence electrons. The van der Waals surface area contributed by atoms with Gasteiger partial charge in [0.2, 0.25) is 15.9 Å². The molecule has 3 rings (SSSR count). The molecule has 3 heterocycles. The van der Waals surface area contributed by atoms with Gasteiger partial charge in [0.25, 0.3) is 0 Å². The van der Waals surface area contributed by atoms with Crippen LogP contribution < -0.4 is 0 Å². The molecule has 1 spiro atoms. The van der Waals surface area contributed by atoms with Crippen molar-refractivity contribution >= 4 is 15.9 Å². The SMILES string of the molecule is CCS(=O)(=O)N1CCC2(CCCN(Cc3ccncc3)C2=O)CC1. The third-order valence-corrected chi connectivity index (χ3v) is 7.27. The summed E-state index contributed by atoms with van der Waals surface area (Å²) in [6.45, 7) is 3.98. The van der Waals surface area contributed by atoms with E-state index in [9.17, 15) is 13.2 Å². The second kappa shape index (κ2) is 6.80. The molecule has 0 radical (unpaired) electrons. The summed E-state index contributed by atoms with van der Waals surface area (Å²) in [7, 11) is -3.15. The Bertz CT molecular complexity index is 682. The van der Waals surface area contributed by atoms with Crippen molar-refractivity contribution in [2.45, 2.75) is 39.2 Å². The van der Waals surface area contributed by atoms with Crippen LogP contribution in [0, 0.1) is 5.41 Å². The standard InChI is InChI=1S/C17H25N3O3S/c1-2-24(22,23)20-12-7-17(8-13-20)6-3-11-19(16(17)21)14-15-4-9-18-10-5-15/h4-5,9-10H,2-3,6-8,11-14H2,1H3. The molecular weight excluding hydrogens is 326 g/mol. The number of pyridine rings is 1. The van der Waals surface area contributed by atoms with Gasteiger partial charge >= 0.3 is 0 Å². The molecule has 2 aliphatic rings. The molecule has 0 unspecified atom stereocenters. The zero-order valence-electron chi connectivity index (χ0n) is 14.1. The van der Waals surface area contributed by atoms with E-state index in [1.807, 2.05) is 17.0 Å². The number of hydrogen-bond acceptors (Lipinski definition) is 4. The highest BCUT2D eigenvalue weighted by Crippen LogP contribution is 2.41. The van der Waals surface area contributed by atoms with Crippen LogP contribution in [0.2, 0.25) is 0 Å². The normalized spacial score (nSPS) is 22.0. The third kappa shape index (κ3) is 3.32. The fraction of sp³-hybridized carbons (Fsp3) is 0.647. The Morgan fingerprint density at radius 3 is 2.42 bits per heavy atom. The van der Waals surface area contributed by atoms with Crippen molar-refractivity contribution in [1.82, 2.24) is 14.2 Å². The Balaban J connectivity index is 1.69. The van der Waals surface area contributed by atoms with E-state index in [1.165, 1.54) is 0 Å². The van der Waals surface area contributed by atoms with Crippen molar-refractivity contribution in [3.05, 3.63) is 30.1 Å². The summed E-state index contributed by atoms with van der Waals surface area (Å²) in [6, 6.07) is 3.87. The highest BCUT2D eigenvalue weighted by Gasteiger charge is 2.46. The van der Waals surface area contributed by atoms with Crippen LogP contribution in [0.4, 0.5) is 0 Å². The monoisotopic (exact) mass is 351 g/mol. The van der Waals surface area contributed by atoms with Gasteiger partial charge in [-0.3, -0.25) is 9.78 Å². The van der Waals surface area contributed by atoms with Crippen molar-refractivity contribution in [2.24, 2.45) is 5.41 Å². The van der Waals surface area contributed by atoms with E-state index in [4.69, 9.17) is 0 Å². The van der Waals surface area contributed by atoms with Gasteiger partial charge in [0.15, 0.2) is 0 Å². The van der Waals surface area contributed by atoms with Gasteiger partial charge in [0.05, 0.1) is 11.2 Å². The predicted octanol–water partition coefficient (Wildman–Crippen LogP) is 1.64. The number of aromatic nitrogens is 1. The summed E-state index contributed by atoms with van der Waals surface area (Å²) in [5.41, 5.74) is 0.715. The van der Waals surface area contributed by atoms with Crippen LogP contribution in [-0.2, 0) is 21.4 Å². The molecule has 2 aliphatic heterocycles. The number of sulfonamides is 1. The van der Waals surface area contributed by atoms with Gasteiger partial charge in [-0.05, 0) is 50.3 Å². The number of piperidine rings is 2. The molecule has 1 aromatic rings. The first-order valence-corrected chi connectivity index (χ1v) is 10.2. The molecule has 0 atom stereocenters. The first-order chi connectivity index (χ1) is 11.5. The molecule has 0 N–H and O–H groups in total. The lowest BCUT2D eigenvalue weighted by Crippen LogP contribution is -2.54. The maximum absolute atomic E-state index is 13.1. The largest absolute Gasteiger partial charge is 0.338 e. The van der Waals surface area contributed by atoms with Crippen molar-refractivity contribution < 1.29 is 13.2 Å². The van der Waals surface area contributed by atoms with Crippen LogP contribution in [0.25, 0.3) is 0 Å². The number of likely N-dealkylation sites (tertiary alicyclic amines) is 1. The van der Waals surface area contributed by atoms with Gasteiger partial charge in [-0.25, -0.2) is 12.7 Å². The van der Waals surface area contributed by atoms with Gasteiger partial charge in [-0.2, -0.15) is 0 Å². The van der Waals surface area contributed by atoms with Gasteiger partial charge in [0, 0.05) is 38.6 Å². The molecule has 0 saturated carbocycles. The first-order valence-electron chi connectivity index (χ1n) is 8.63. The topological polar surface area (TPSA) is 70.6 Å². The number of hydrogen-bond donors (Lipinski definition) is 0. The highest BCUT2D eigenvalue weighted by atomic mass is 32.2. The molecular formula is C17H25N3O3S. The van der Waals surface area contributed by atoms with Gasteiger partial charge < -0.3 is 4.90 Å². The van der Waals surface area contributed by atoms with Gasteiger partial charge in [0.1, 0.15) is 0 Å². The third-order valence-electron chi connectivity index (χ3n) is 5.38. The van der Waals surface area contributed by atoms with Crippen LogP contribution in [0.3, 0.4) is 0 Å². The molecule has 2 saturated heterocycles. The first kappa shape index (κ1) is 17.4. The maximum atomic E-state index is 13.1. The number of carbonyl (C=O) groups excluding carboxylic acids is 1. The summed E-state index contributed by atoms with van der Waals surface area (Å²) in [6.07, 6.45) is 6.62. The fourth-order valence-electron chi connectivity index (χ4n) is 3.85. The quantitative estimate of drug-likeness (QED) is 0.827. The predicted molar refractivity (Wildman–Crippen MR) is 91.6 cm³/mol. The zero-order chi connectivity index (χ0) is 17.2. The summed E-state index contributed by atoms with van der Waals surface area (Å²) in [5, 5.41) is 0. The lowest BCUT2D eigenvalue weighted by Gasteiger charge is -2.46. The molecule has 2 fully saturated rings. The van der Waals surface area contributed by atoms with E-state index in [0.29, 0.717) is 32.5 Å².